The van der Waals surface area contributed by atoms with Crippen LogP contribution in [0.5, 0.6) is 0 Å². The number of aromatic nitrogens is 1. The van der Waals surface area contributed by atoms with Crippen molar-refractivity contribution in [3.63, 3.8) is 0 Å². The van der Waals surface area contributed by atoms with Gasteiger partial charge in [-0.05, 0) is 47.2 Å². The van der Waals surface area contributed by atoms with Gasteiger partial charge in [0, 0.05) is 37.4 Å². The van der Waals surface area contributed by atoms with Gasteiger partial charge in [0.25, 0.3) is 5.91 Å². The molecule has 26 heavy (non-hydrogen) atoms. The summed E-state index contributed by atoms with van der Waals surface area (Å²) in [5, 5.41) is 4.47. The second-order valence-corrected chi connectivity index (χ2v) is 8.20. The highest BCUT2D eigenvalue weighted by atomic mass is 32.2. The zero-order chi connectivity index (χ0) is 18.1. The molecule has 1 atom stereocenters. The van der Waals surface area contributed by atoms with E-state index in [1.807, 2.05) is 36.4 Å². The first-order valence-electron chi connectivity index (χ1n) is 8.05. The van der Waals surface area contributed by atoms with Gasteiger partial charge in [0.05, 0.1) is 5.69 Å². The first kappa shape index (κ1) is 16.3. The van der Waals surface area contributed by atoms with Gasteiger partial charge >= 0.3 is 0 Å². The van der Waals surface area contributed by atoms with Crippen LogP contribution >= 0.6 is 0 Å². The average Bonchev–Trinajstić information content (AvgIpc) is 2.97. The minimum atomic E-state index is -2.41. The minimum absolute atomic E-state index is 0.244. The lowest BCUT2D eigenvalue weighted by Crippen LogP contribution is -2.12. The highest BCUT2D eigenvalue weighted by molar-refractivity contribution is 8.03. The van der Waals surface area contributed by atoms with Crippen LogP contribution in [-0.4, -0.2) is 21.0 Å². The molecule has 0 saturated heterocycles. The maximum Gasteiger partial charge on any atom is 0.255 e. The fourth-order valence-electron chi connectivity index (χ4n) is 2.85. The molecule has 1 aliphatic rings. The third kappa shape index (κ3) is 3.05. The maximum absolute atomic E-state index is 12.6. The van der Waals surface area contributed by atoms with Gasteiger partial charge < -0.3 is 5.32 Å². The van der Waals surface area contributed by atoms with Crippen molar-refractivity contribution in [1.82, 2.24) is 4.98 Å². The highest BCUT2D eigenvalue weighted by Crippen LogP contribution is 2.29. The smallest absolute Gasteiger partial charge is 0.255 e. The van der Waals surface area contributed by atoms with E-state index in [1.54, 1.807) is 41.9 Å². The van der Waals surface area contributed by atoms with Crippen LogP contribution in [0.1, 0.15) is 15.9 Å². The largest absolute Gasteiger partial charge is 0.322 e. The molecule has 5 heteroatoms. The fraction of sp³-hybridized carbons (Fsp3) is 0. The number of anilines is 1. The topological polar surface area (TPSA) is 59.1 Å². The van der Waals surface area contributed by atoms with Gasteiger partial charge in [-0.25, -0.2) is 0 Å². The third-order valence-electron chi connectivity index (χ3n) is 4.20. The quantitative estimate of drug-likeness (QED) is 0.717. The molecule has 4 nitrogen and oxygen atoms in total. The number of benzene rings is 2. The third-order valence-corrected chi connectivity index (χ3v) is 5.88. The molecule has 2 heterocycles. The molecule has 3 aromatic rings. The van der Waals surface area contributed by atoms with Crippen molar-refractivity contribution in [2.45, 2.75) is 4.90 Å². The lowest BCUT2D eigenvalue weighted by atomic mass is 10.1. The van der Waals surface area contributed by atoms with Crippen molar-refractivity contribution in [3.05, 3.63) is 83.4 Å². The molecule has 4 rings (SSSR count). The summed E-state index contributed by atoms with van der Waals surface area (Å²) in [6.07, 6.45) is 3.41. The van der Waals surface area contributed by atoms with Crippen LogP contribution in [-0.2, 0) is 9.52 Å². The second-order valence-electron chi connectivity index (χ2n) is 6.03. The second kappa shape index (κ2) is 6.28. The minimum Gasteiger partial charge on any atom is -0.322 e. The summed E-state index contributed by atoms with van der Waals surface area (Å²) in [5.74, 6) is 3.51. The monoisotopic (exact) mass is 360 g/mol. The Balaban J connectivity index is 1.60. The lowest BCUT2D eigenvalue weighted by Gasteiger charge is -2.09. The van der Waals surface area contributed by atoms with Crippen LogP contribution in [0.4, 0.5) is 5.69 Å². The summed E-state index contributed by atoms with van der Waals surface area (Å²) in [4.78, 5) is 17.6. The Labute approximate surface area is 152 Å². The summed E-state index contributed by atoms with van der Waals surface area (Å²) in [6.45, 7) is 0. The van der Waals surface area contributed by atoms with Gasteiger partial charge in [-0.2, -0.15) is 0 Å². The van der Waals surface area contributed by atoms with E-state index in [0.29, 0.717) is 16.1 Å². The van der Waals surface area contributed by atoms with E-state index in [-0.39, 0.29) is 5.91 Å². The molecule has 0 bridgehead atoms. The molecule has 2 aromatic carbocycles. The number of nitrogens with zero attached hydrogens (tertiary/aromatic N) is 1. The van der Waals surface area contributed by atoms with E-state index in [4.69, 9.17) is 0 Å². The molecule has 1 unspecified atom stereocenters. The summed E-state index contributed by atoms with van der Waals surface area (Å²) >= 11 is 0. The lowest BCUT2D eigenvalue weighted by molar-refractivity contribution is 0.102. The maximum atomic E-state index is 12.6. The van der Waals surface area contributed by atoms with Gasteiger partial charge in [0.1, 0.15) is 0 Å². The number of nitrogens with one attached hydrogen (secondary N) is 1. The molecule has 128 valence electrons. The molecule has 1 N–H and O–H groups in total. The molecule has 0 spiro atoms. The predicted molar refractivity (Wildman–Crippen MR) is 107 cm³/mol. The first-order chi connectivity index (χ1) is 12.5. The molecule has 0 fully saturated rings. The summed E-state index contributed by atoms with van der Waals surface area (Å²) in [6, 6.07) is 18.5. The number of fused-ring (bicyclic) bond motifs is 1. The Morgan fingerprint density at radius 3 is 2.65 bits per heavy atom. The SMILES string of the molecule is C=S1(=O)C=Cc2ccc(NC(=O)c3ccnc(-c4ccccc4)c3)cc21. The van der Waals surface area contributed by atoms with Crippen LogP contribution in [0.25, 0.3) is 17.3 Å². The van der Waals surface area contributed by atoms with Crippen LogP contribution < -0.4 is 5.32 Å². The van der Waals surface area contributed by atoms with E-state index in [9.17, 15) is 9.00 Å². The van der Waals surface area contributed by atoms with Crippen molar-refractivity contribution >= 4 is 33.1 Å². The standard InChI is InChI=1S/C21H16N2O2S/c1-26(25)12-10-16-7-8-18(14-20(16)26)23-21(24)17-9-11-22-19(13-17)15-5-3-2-4-6-15/h2-14H,1H2,(H,23,24). The van der Waals surface area contributed by atoms with Gasteiger partial charge in [-0.1, -0.05) is 36.4 Å². The first-order valence-corrected chi connectivity index (χ1v) is 9.84. The molecule has 0 aliphatic carbocycles. The van der Waals surface area contributed by atoms with Gasteiger partial charge in [0.15, 0.2) is 0 Å². The van der Waals surface area contributed by atoms with E-state index >= 15 is 0 Å². The Bertz CT molecular complexity index is 1130. The molecule has 0 radical (unpaired) electrons. The number of hydrogen-bond acceptors (Lipinski definition) is 3. The summed E-state index contributed by atoms with van der Waals surface area (Å²) in [7, 11) is -2.41. The Hall–Kier alpha value is -3.18. The molecular weight excluding hydrogens is 344 g/mol. The van der Waals surface area contributed by atoms with Crippen molar-refractivity contribution in [1.29, 1.82) is 0 Å². The van der Waals surface area contributed by atoms with Crippen LogP contribution in [0.15, 0.2) is 77.2 Å². The average molecular weight is 360 g/mol. The van der Waals surface area contributed by atoms with Crippen molar-refractivity contribution < 1.29 is 9.00 Å². The number of pyridine rings is 1. The van der Waals surface area contributed by atoms with E-state index in [2.05, 4.69) is 16.2 Å². The van der Waals surface area contributed by atoms with Crippen LogP contribution in [0.3, 0.4) is 0 Å². The van der Waals surface area contributed by atoms with Gasteiger partial charge in [-0.15, -0.1) is 0 Å². The molecule has 0 saturated carbocycles. The summed E-state index contributed by atoms with van der Waals surface area (Å²) in [5.41, 5.74) is 3.65. The van der Waals surface area contributed by atoms with E-state index in [1.165, 1.54) is 0 Å². The number of carbonyl (C=O) groups excluding carboxylic acids is 1. The molecule has 1 aromatic heterocycles. The number of amides is 1. The van der Waals surface area contributed by atoms with Crippen molar-refractivity contribution in [2.24, 2.45) is 0 Å². The molecule has 1 amide bonds. The molecule has 1 aliphatic heterocycles. The Morgan fingerprint density at radius 2 is 1.85 bits per heavy atom. The van der Waals surface area contributed by atoms with E-state index in [0.717, 1.165) is 16.8 Å². The zero-order valence-corrected chi connectivity index (χ0v) is 14.7. The van der Waals surface area contributed by atoms with Crippen molar-refractivity contribution in [2.75, 3.05) is 5.32 Å². The number of carbonyl (C=O) groups is 1. The number of rotatable bonds is 3. The summed E-state index contributed by atoms with van der Waals surface area (Å²) < 4.78 is 12.4. The number of hydrogen-bond donors (Lipinski definition) is 1. The predicted octanol–water partition coefficient (Wildman–Crippen LogP) is 4.06. The zero-order valence-electron chi connectivity index (χ0n) is 13.9. The Kier molecular flexibility index (Phi) is 3.93. The normalized spacial score (nSPS) is 17.7. The Morgan fingerprint density at radius 1 is 1.04 bits per heavy atom. The van der Waals surface area contributed by atoms with E-state index < -0.39 is 9.52 Å². The van der Waals surface area contributed by atoms with Gasteiger partial charge in [0.2, 0.25) is 0 Å². The van der Waals surface area contributed by atoms with Crippen molar-refractivity contribution in [3.8, 4) is 11.3 Å². The molecular formula is C21H16N2O2S. The van der Waals surface area contributed by atoms with Gasteiger partial charge in [-0.3, -0.25) is 14.0 Å². The fourth-order valence-corrected chi connectivity index (χ4v) is 4.22. The highest BCUT2D eigenvalue weighted by Gasteiger charge is 2.16. The van der Waals surface area contributed by atoms with Crippen LogP contribution in [0.2, 0.25) is 0 Å². The van der Waals surface area contributed by atoms with Crippen LogP contribution in [0, 0.1) is 0 Å².